The fourth-order valence-electron chi connectivity index (χ4n) is 2.46. The molecule has 146 valence electrons. The highest BCUT2D eigenvalue weighted by atomic mass is 35.5. The molecule has 0 aromatic heterocycles. The van der Waals surface area contributed by atoms with Crippen molar-refractivity contribution in [2.24, 2.45) is 0 Å². The van der Waals surface area contributed by atoms with E-state index in [1.54, 1.807) is 13.8 Å². The van der Waals surface area contributed by atoms with Crippen LogP contribution >= 0.6 is 11.6 Å². The molecule has 0 aliphatic heterocycles. The minimum absolute atomic E-state index is 0.0945. The molecule has 0 bridgehead atoms. The molecule has 1 amide bonds. The van der Waals surface area contributed by atoms with E-state index in [1.807, 2.05) is 30.3 Å². The lowest BCUT2D eigenvalue weighted by molar-refractivity contribution is -0.123. The SMILES string of the molecule is CCN(CC)S(=O)(=O)c1ccc(OCC(=O)NCc2ccccc2)c(Cl)c1. The number of hydrogen-bond acceptors (Lipinski definition) is 4. The Bertz CT molecular complexity index is 869. The average Bonchev–Trinajstić information content (AvgIpc) is 2.67. The van der Waals surface area contributed by atoms with Crippen LogP contribution in [0.3, 0.4) is 0 Å². The summed E-state index contributed by atoms with van der Waals surface area (Å²) in [4.78, 5) is 12.0. The van der Waals surface area contributed by atoms with Gasteiger partial charge in [-0.3, -0.25) is 4.79 Å². The lowest BCUT2D eigenvalue weighted by atomic mass is 10.2. The van der Waals surface area contributed by atoms with E-state index in [9.17, 15) is 13.2 Å². The number of ether oxygens (including phenoxy) is 1. The van der Waals surface area contributed by atoms with E-state index in [2.05, 4.69) is 5.32 Å². The number of nitrogens with zero attached hydrogens (tertiary/aromatic N) is 1. The molecular weight excluding hydrogens is 388 g/mol. The van der Waals surface area contributed by atoms with Crippen LogP contribution in [0.2, 0.25) is 5.02 Å². The Morgan fingerprint density at radius 2 is 1.78 bits per heavy atom. The topological polar surface area (TPSA) is 75.7 Å². The Labute approximate surface area is 165 Å². The Kier molecular flexibility index (Phi) is 7.65. The Hall–Kier alpha value is -2.09. The smallest absolute Gasteiger partial charge is 0.258 e. The lowest BCUT2D eigenvalue weighted by Crippen LogP contribution is -2.30. The number of halogens is 1. The van der Waals surface area contributed by atoms with Crippen LogP contribution < -0.4 is 10.1 Å². The molecule has 0 aliphatic rings. The van der Waals surface area contributed by atoms with Crippen molar-refractivity contribution >= 4 is 27.5 Å². The second kappa shape index (κ2) is 9.73. The summed E-state index contributed by atoms with van der Waals surface area (Å²) in [6.07, 6.45) is 0. The fourth-order valence-corrected chi connectivity index (χ4v) is 4.25. The minimum Gasteiger partial charge on any atom is -0.482 e. The predicted octanol–water partition coefficient (Wildman–Crippen LogP) is 3.07. The summed E-state index contributed by atoms with van der Waals surface area (Å²) >= 11 is 6.14. The molecular formula is C19H23ClN2O4S. The molecule has 0 heterocycles. The van der Waals surface area contributed by atoms with Crippen molar-refractivity contribution in [2.75, 3.05) is 19.7 Å². The monoisotopic (exact) mass is 410 g/mol. The summed E-state index contributed by atoms with van der Waals surface area (Å²) < 4.78 is 31.8. The van der Waals surface area contributed by atoms with E-state index in [0.717, 1.165) is 5.56 Å². The van der Waals surface area contributed by atoms with Gasteiger partial charge in [-0.05, 0) is 23.8 Å². The number of rotatable bonds is 9. The molecule has 0 saturated carbocycles. The molecule has 0 aliphatic carbocycles. The molecule has 6 nitrogen and oxygen atoms in total. The first-order chi connectivity index (χ1) is 12.9. The number of sulfonamides is 1. The van der Waals surface area contributed by atoms with Crippen LogP contribution in [0, 0.1) is 0 Å². The van der Waals surface area contributed by atoms with Gasteiger partial charge in [0.1, 0.15) is 5.75 Å². The summed E-state index contributed by atoms with van der Waals surface area (Å²) in [7, 11) is -3.60. The number of carbonyl (C=O) groups is 1. The molecule has 0 saturated heterocycles. The van der Waals surface area contributed by atoms with Gasteiger partial charge in [0.15, 0.2) is 6.61 Å². The van der Waals surface area contributed by atoms with E-state index >= 15 is 0 Å². The summed E-state index contributed by atoms with van der Waals surface area (Å²) in [6.45, 7) is 4.47. The summed E-state index contributed by atoms with van der Waals surface area (Å²) in [5.74, 6) is -0.0419. The molecule has 0 radical (unpaired) electrons. The standard InChI is InChI=1S/C19H23ClN2O4S/c1-3-22(4-2)27(24,25)16-10-11-18(17(20)12-16)26-14-19(23)21-13-15-8-6-5-7-9-15/h5-12H,3-4,13-14H2,1-2H3,(H,21,23). The first-order valence-corrected chi connectivity index (χ1v) is 10.4. The predicted molar refractivity (Wildman–Crippen MR) is 105 cm³/mol. The third-order valence-electron chi connectivity index (χ3n) is 3.94. The number of benzene rings is 2. The normalized spacial score (nSPS) is 11.4. The van der Waals surface area contributed by atoms with Crippen LogP contribution in [0.1, 0.15) is 19.4 Å². The minimum atomic E-state index is -3.60. The van der Waals surface area contributed by atoms with E-state index < -0.39 is 10.0 Å². The van der Waals surface area contributed by atoms with Gasteiger partial charge < -0.3 is 10.1 Å². The molecule has 0 spiro atoms. The van der Waals surface area contributed by atoms with E-state index in [0.29, 0.717) is 19.6 Å². The zero-order chi connectivity index (χ0) is 19.9. The van der Waals surface area contributed by atoms with Gasteiger partial charge in [-0.15, -0.1) is 0 Å². The van der Waals surface area contributed by atoms with Crippen molar-refractivity contribution in [2.45, 2.75) is 25.3 Å². The summed E-state index contributed by atoms with van der Waals surface area (Å²) in [6, 6.07) is 13.7. The second-order valence-electron chi connectivity index (χ2n) is 5.73. The quantitative estimate of drug-likeness (QED) is 0.689. The molecule has 0 atom stereocenters. The summed E-state index contributed by atoms with van der Waals surface area (Å²) in [5, 5.41) is 2.88. The molecule has 1 N–H and O–H groups in total. The van der Waals surface area contributed by atoms with E-state index in [1.165, 1.54) is 22.5 Å². The Balaban J connectivity index is 1.97. The number of nitrogens with one attached hydrogen (secondary N) is 1. The largest absolute Gasteiger partial charge is 0.482 e. The maximum atomic E-state index is 12.5. The highest BCUT2D eigenvalue weighted by Gasteiger charge is 2.22. The van der Waals surface area contributed by atoms with Gasteiger partial charge in [0.2, 0.25) is 10.0 Å². The zero-order valence-corrected chi connectivity index (χ0v) is 16.9. The van der Waals surface area contributed by atoms with Gasteiger partial charge in [-0.25, -0.2) is 8.42 Å². The van der Waals surface area contributed by atoms with Crippen molar-refractivity contribution in [1.29, 1.82) is 0 Å². The number of amides is 1. The summed E-state index contributed by atoms with van der Waals surface area (Å²) in [5.41, 5.74) is 0.981. The lowest BCUT2D eigenvalue weighted by Gasteiger charge is -2.19. The van der Waals surface area contributed by atoms with Crippen molar-refractivity contribution in [3.63, 3.8) is 0 Å². The molecule has 27 heavy (non-hydrogen) atoms. The maximum absolute atomic E-state index is 12.5. The molecule has 0 fully saturated rings. The third kappa shape index (κ3) is 5.69. The molecule has 8 heteroatoms. The van der Waals surface area contributed by atoms with Gasteiger partial charge in [-0.1, -0.05) is 55.8 Å². The Morgan fingerprint density at radius 3 is 2.37 bits per heavy atom. The zero-order valence-electron chi connectivity index (χ0n) is 15.3. The van der Waals surface area contributed by atoms with E-state index in [-0.39, 0.29) is 28.2 Å². The van der Waals surface area contributed by atoms with Crippen molar-refractivity contribution < 1.29 is 17.9 Å². The van der Waals surface area contributed by atoms with Gasteiger partial charge in [0.05, 0.1) is 9.92 Å². The number of carbonyl (C=O) groups excluding carboxylic acids is 1. The van der Waals surface area contributed by atoms with Crippen LogP contribution in [0.15, 0.2) is 53.4 Å². The first kappa shape index (κ1) is 21.2. The molecule has 2 aromatic carbocycles. The molecule has 2 rings (SSSR count). The fraction of sp³-hybridized carbons (Fsp3) is 0.316. The van der Waals surface area contributed by atoms with Crippen LogP contribution in [-0.4, -0.2) is 38.3 Å². The van der Waals surface area contributed by atoms with Gasteiger partial charge >= 0.3 is 0 Å². The average molecular weight is 411 g/mol. The highest BCUT2D eigenvalue weighted by Crippen LogP contribution is 2.28. The van der Waals surface area contributed by atoms with Crippen LogP contribution in [-0.2, 0) is 21.4 Å². The van der Waals surface area contributed by atoms with Crippen LogP contribution in [0.4, 0.5) is 0 Å². The van der Waals surface area contributed by atoms with Crippen molar-refractivity contribution in [3.8, 4) is 5.75 Å². The van der Waals surface area contributed by atoms with Gasteiger partial charge in [0.25, 0.3) is 5.91 Å². The molecule has 0 unspecified atom stereocenters. The Morgan fingerprint density at radius 1 is 1.11 bits per heavy atom. The van der Waals surface area contributed by atoms with Crippen molar-refractivity contribution in [1.82, 2.24) is 9.62 Å². The first-order valence-electron chi connectivity index (χ1n) is 8.61. The highest BCUT2D eigenvalue weighted by molar-refractivity contribution is 7.89. The van der Waals surface area contributed by atoms with Crippen LogP contribution in [0.5, 0.6) is 5.75 Å². The van der Waals surface area contributed by atoms with Gasteiger partial charge in [-0.2, -0.15) is 4.31 Å². The van der Waals surface area contributed by atoms with Crippen molar-refractivity contribution in [3.05, 3.63) is 59.1 Å². The third-order valence-corrected chi connectivity index (χ3v) is 6.28. The molecule has 2 aromatic rings. The number of hydrogen-bond donors (Lipinski definition) is 1. The van der Waals surface area contributed by atoms with Crippen LogP contribution in [0.25, 0.3) is 0 Å². The second-order valence-corrected chi connectivity index (χ2v) is 8.08. The van der Waals surface area contributed by atoms with Gasteiger partial charge in [0, 0.05) is 19.6 Å². The van der Waals surface area contributed by atoms with E-state index in [4.69, 9.17) is 16.3 Å². The maximum Gasteiger partial charge on any atom is 0.258 e.